The Balaban J connectivity index is 2.50. The van der Waals surface area contributed by atoms with E-state index in [1.54, 1.807) is 0 Å². The van der Waals surface area contributed by atoms with Crippen molar-refractivity contribution in [2.75, 3.05) is 5.75 Å². The lowest BCUT2D eigenvalue weighted by atomic mass is 10.4. The van der Waals surface area contributed by atoms with Crippen LogP contribution in [0.2, 0.25) is 0 Å². The minimum absolute atomic E-state index is 0.567. The van der Waals surface area contributed by atoms with Gasteiger partial charge in [0.2, 0.25) is 0 Å². The van der Waals surface area contributed by atoms with E-state index in [-0.39, 0.29) is 0 Å². The van der Waals surface area contributed by atoms with Crippen LogP contribution in [-0.4, -0.2) is 14.8 Å². The SMILES string of the molecule is C[C@H]1CSC(I)=N1. The molecule has 1 aliphatic rings. The highest BCUT2D eigenvalue weighted by Crippen LogP contribution is 2.21. The molecular formula is C4H6INS. The van der Waals surface area contributed by atoms with Gasteiger partial charge in [-0.05, 0) is 29.5 Å². The average molecular weight is 227 g/mol. The van der Waals surface area contributed by atoms with Gasteiger partial charge in [-0.3, -0.25) is 4.99 Å². The summed E-state index contributed by atoms with van der Waals surface area (Å²) in [5.41, 5.74) is 0. The first-order chi connectivity index (χ1) is 3.29. The van der Waals surface area contributed by atoms with Crippen molar-refractivity contribution in [2.24, 2.45) is 4.99 Å². The van der Waals surface area contributed by atoms with Crippen molar-refractivity contribution in [3.05, 3.63) is 0 Å². The van der Waals surface area contributed by atoms with Crippen molar-refractivity contribution in [3.8, 4) is 0 Å². The Morgan fingerprint density at radius 2 is 2.71 bits per heavy atom. The summed E-state index contributed by atoms with van der Waals surface area (Å²) in [7, 11) is 0. The molecule has 0 aromatic heterocycles. The van der Waals surface area contributed by atoms with Gasteiger partial charge in [-0.1, -0.05) is 11.8 Å². The van der Waals surface area contributed by atoms with E-state index in [9.17, 15) is 0 Å². The second kappa shape index (κ2) is 2.35. The Labute approximate surface area is 61.1 Å². The number of halogens is 1. The van der Waals surface area contributed by atoms with Crippen LogP contribution in [-0.2, 0) is 0 Å². The van der Waals surface area contributed by atoms with Gasteiger partial charge in [0.05, 0.1) is 6.04 Å². The molecule has 0 spiro atoms. The van der Waals surface area contributed by atoms with E-state index in [0.29, 0.717) is 6.04 Å². The van der Waals surface area contributed by atoms with Crippen molar-refractivity contribution < 1.29 is 0 Å². The van der Waals surface area contributed by atoms with Crippen molar-refractivity contribution >= 4 is 37.4 Å². The maximum absolute atomic E-state index is 4.26. The molecule has 40 valence electrons. The summed E-state index contributed by atoms with van der Waals surface area (Å²) in [6.07, 6.45) is 0. The van der Waals surface area contributed by atoms with Gasteiger partial charge in [0.15, 0.2) is 0 Å². The minimum Gasteiger partial charge on any atom is -0.268 e. The monoisotopic (exact) mass is 227 g/mol. The fourth-order valence-corrected chi connectivity index (χ4v) is 2.16. The maximum Gasteiger partial charge on any atom is 0.129 e. The van der Waals surface area contributed by atoms with Crippen LogP contribution in [0.5, 0.6) is 0 Å². The van der Waals surface area contributed by atoms with Crippen LogP contribution in [0.15, 0.2) is 4.99 Å². The van der Waals surface area contributed by atoms with Gasteiger partial charge < -0.3 is 0 Å². The molecule has 0 N–H and O–H groups in total. The lowest BCUT2D eigenvalue weighted by Crippen LogP contribution is -1.92. The van der Waals surface area contributed by atoms with E-state index in [4.69, 9.17) is 0 Å². The molecule has 0 aromatic carbocycles. The van der Waals surface area contributed by atoms with E-state index < -0.39 is 0 Å². The molecule has 0 radical (unpaired) electrons. The van der Waals surface area contributed by atoms with Gasteiger partial charge in [0, 0.05) is 5.75 Å². The van der Waals surface area contributed by atoms with Crippen molar-refractivity contribution in [2.45, 2.75) is 13.0 Å². The second-order valence-corrected chi connectivity index (χ2v) is 4.30. The molecule has 0 aliphatic carbocycles. The van der Waals surface area contributed by atoms with Crippen LogP contribution in [0.3, 0.4) is 0 Å². The molecule has 0 saturated heterocycles. The largest absolute Gasteiger partial charge is 0.268 e. The van der Waals surface area contributed by atoms with Gasteiger partial charge in [0.25, 0.3) is 0 Å². The Kier molecular flexibility index (Phi) is 1.97. The second-order valence-electron chi connectivity index (χ2n) is 1.54. The van der Waals surface area contributed by atoms with Gasteiger partial charge in [0.1, 0.15) is 3.05 Å². The minimum atomic E-state index is 0.567. The first kappa shape index (κ1) is 5.88. The molecule has 0 unspecified atom stereocenters. The predicted octanol–water partition coefficient (Wildman–Crippen LogP) is 1.91. The Morgan fingerprint density at radius 3 is 2.86 bits per heavy atom. The predicted molar refractivity (Wildman–Crippen MR) is 43.4 cm³/mol. The van der Waals surface area contributed by atoms with Crippen molar-refractivity contribution in [1.29, 1.82) is 0 Å². The van der Waals surface area contributed by atoms with Gasteiger partial charge >= 0.3 is 0 Å². The van der Waals surface area contributed by atoms with Crippen LogP contribution in [0.4, 0.5) is 0 Å². The van der Waals surface area contributed by atoms with Crippen LogP contribution < -0.4 is 0 Å². The van der Waals surface area contributed by atoms with E-state index in [2.05, 4.69) is 34.5 Å². The number of rotatable bonds is 0. The Hall–Kier alpha value is 0.750. The van der Waals surface area contributed by atoms with E-state index in [1.807, 2.05) is 11.8 Å². The zero-order valence-electron chi connectivity index (χ0n) is 4.02. The van der Waals surface area contributed by atoms with Gasteiger partial charge in [-0.2, -0.15) is 0 Å². The normalized spacial score (nSPS) is 30.6. The highest BCUT2D eigenvalue weighted by Gasteiger charge is 2.09. The summed E-state index contributed by atoms with van der Waals surface area (Å²) >= 11 is 4.10. The number of aliphatic imine (C=N–C) groups is 1. The van der Waals surface area contributed by atoms with Crippen LogP contribution >= 0.6 is 34.4 Å². The topological polar surface area (TPSA) is 12.4 Å². The molecule has 1 atom stereocenters. The molecule has 0 aromatic rings. The standard InChI is InChI=1S/C4H6INS/c1-3-2-7-4(5)6-3/h3H,2H2,1H3/t3-/m0/s1. The molecule has 3 heteroatoms. The van der Waals surface area contributed by atoms with Crippen LogP contribution in [0.25, 0.3) is 0 Å². The first-order valence-corrected chi connectivity index (χ1v) is 4.21. The Morgan fingerprint density at radius 1 is 2.00 bits per heavy atom. The summed E-state index contributed by atoms with van der Waals surface area (Å²) in [6, 6.07) is 0.567. The van der Waals surface area contributed by atoms with Crippen molar-refractivity contribution in [3.63, 3.8) is 0 Å². The molecule has 1 rings (SSSR count). The summed E-state index contributed by atoms with van der Waals surface area (Å²) in [6.45, 7) is 2.14. The van der Waals surface area contributed by atoms with E-state index >= 15 is 0 Å². The van der Waals surface area contributed by atoms with Gasteiger partial charge in [-0.15, -0.1) is 0 Å². The number of hydrogen-bond donors (Lipinski definition) is 0. The molecule has 7 heavy (non-hydrogen) atoms. The first-order valence-electron chi connectivity index (χ1n) is 2.15. The lowest BCUT2D eigenvalue weighted by molar-refractivity contribution is 0.868. The third-order valence-corrected chi connectivity index (χ3v) is 2.97. The molecule has 0 amide bonds. The zero-order valence-corrected chi connectivity index (χ0v) is 6.99. The number of hydrogen-bond acceptors (Lipinski definition) is 2. The van der Waals surface area contributed by atoms with Gasteiger partial charge in [-0.25, -0.2) is 0 Å². The summed E-state index contributed by atoms with van der Waals surface area (Å²) < 4.78 is 1.21. The Bertz CT molecular complexity index is 102. The average Bonchev–Trinajstić information content (AvgIpc) is 1.87. The highest BCUT2D eigenvalue weighted by molar-refractivity contribution is 14.1. The summed E-state index contributed by atoms with van der Waals surface area (Å²) in [4.78, 5) is 4.26. The maximum atomic E-state index is 4.26. The quantitative estimate of drug-likeness (QED) is 0.576. The number of thioether (sulfide) groups is 1. The molecule has 0 fully saturated rings. The third-order valence-electron chi connectivity index (χ3n) is 0.766. The highest BCUT2D eigenvalue weighted by atomic mass is 127. The van der Waals surface area contributed by atoms with Crippen LogP contribution in [0.1, 0.15) is 6.92 Å². The molecule has 1 aliphatic heterocycles. The van der Waals surface area contributed by atoms with E-state index in [1.165, 1.54) is 8.80 Å². The third kappa shape index (κ3) is 1.60. The molecule has 0 saturated carbocycles. The van der Waals surface area contributed by atoms with Crippen LogP contribution in [0, 0.1) is 0 Å². The fraction of sp³-hybridized carbons (Fsp3) is 0.750. The van der Waals surface area contributed by atoms with E-state index in [0.717, 1.165) is 0 Å². The summed E-state index contributed by atoms with van der Waals surface area (Å²) in [5, 5.41) is 0. The number of nitrogens with zero attached hydrogens (tertiary/aromatic N) is 1. The zero-order chi connectivity index (χ0) is 5.28. The fourth-order valence-electron chi connectivity index (χ4n) is 0.437. The molecule has 0 bridgehead atoms. The lowest BCUT2D eigenvalue weighted by Gasteiger charge is -1.87. The smallest absolute Gasteiger partial charge is 0.129 e. The molecular weight excluding hydrogens is 221 g/mol. The van der Waals surface area contributed by atoms with Crippen molar-refractivity contribution in [1.82, 2.24) is 0 Å². The molecule has 1 heterocycles. The molecule has 1 nitrogen and oxygen atoms in total. The summed E-state index contributed by atoms with van der Waals surface area (Å²) in [5.74, 6) is 1.18.